The van der Waals surface area contributed by atoms with E-state index in [1.807, 2.05) is 16.9 Å². The highest BCUT2D eigenvalue weighted by atomic mass is 32.2. The molecule has 0 spiro atoms. The molecule has 3 N–H and O–H groups in total. The largest absolute Gasteiger partial charge is 0.506 e. The lowest BCUT2D eigenvalue weighted by atomic mass is 9.87. The fraction of sp³-hybridized carbons (Fsp3) is 0.400. The molecule has 2 aromatic carbocycles. The molecule has 5 rings (SSSR count). The van der Waals surface area contributed by atoms with Gasteiger partial charge in [-0.15, -0.1) is 0 Å². The van der Waals surface area contributed by atoms with E-state index in [-0.39, 0.29) is 22.1 Å². The number of aromatic hydroxyl groups is 1. The maximum absolute atomic E-state index is 14.9. The number of fused-ring (bicyclic) bond motifs is 1. The quantitative estimate of drug-likeness (QED) is 0.338. The molecule has 0 aliphatic carbocycles. The van der Waals surface area contributed by atoms with Crippen molar-refractivity contribution in [3.8, 4) is 11.5 Å². The zero-order chi connectivity index (χ0) is 26.2. The summed E-state index contributed by atoms with van der Waals surface area (Å²) in [5, 5.41) is 12.8. The van der Waals surface area contributed by atoms with Crippen molar-refractivity contribution in [2.45, 2.75) is 36.1 Å². The van der Waals surface area contributed by atoms with Crippen LogP contribution < -0.4 is 14.8 Å². The van der Waals surface area contributed by atoms with Crippen molar-refractivity contribution in [2.24, 2.45) is 5.92 Å². The lowest BCUT2D eigenvalue weighted by molar-refractivity contribution is 0.209. The van der Waals surface area contributed by atoms with Crippen molar-refractivity contribution >= 4 is 32.2 Å². The fourth-order valence-corrected chi connectivity index (χ4v) is 7.42. The second-order valence-corrected chi connectivity index (χ2v) is 12.3. The maximum Gasteiger partial charge on any atom is 0.266 e. The minimum absolute atomic E-state index is 0.110. The third-order valence-corrected chi connectivity index (χ3v) is 9.40. The van der Waals surface area contributed by atoms with E-state index in [4.69, 9.17) is 4.74 Å². The predicted octanol–water partition coefficient (Wildman–Crippen LogP) is 4.45. The van der Waals surface area contributed by atoms with Crippen LogP contribution in [-0.4, -0.2) is 55.7 Å². The number of benzene rings is 2. The minimum Gasteiger partial charge on any atom is -0.506 e. The van der Waals surface area contributed by atoms with Gasteiger partial charge in [0.2, 0.25) is 0 Å². The maximum atomic E-state index is 14.9. The third kappa shape index (κ3) is 5.36. The van der Waals surface area contributed by atoms with Gasteiger partial charge in [0.15, 0.2) is 10.3 Å². The van der Waals surface area contributed by atoms with Gasteiger partial charge in [-0.1, -0.05) is 23.5 Å². The standard InChI is InChI=1S/C25H28F2N4O4S2/c1-35-18-5-3-16(4-6-18)9-17-12-25(7-2-8-31(25)14-17)15-29-20-10-19(26)22(11-21(20)32)37(33,34)30-24-28-13-23(27)36-24/h3-6,10-11,13,17,29,32H,2,7-9,12,14-15H2,1H3,(H,28,30). The first-order chi connectivity index (χ1) is 17.7. The number of thiazole rings is 1. The highest BCUT2D eigenvalue weighted by Crippen LogP contribution is 2.43. The van der Waals surface area contributed by atoms with Gasteiger partial charge in [-0.2, -0.15) is 4.39 Å². The smallest absolute Gasteiger partial charge is 0.266 e. The van der Waals surface area contributed by atoms with Gasteiger partial charge in [0.1, 0.15) is 22.2 Å². The van der Waals surface area contributed by atoms with Gasteiger partial charge in [-0.3, -0.25) is 9.62 Å². The molecule has 1 aromatic heterocycles. The number of nitrogens with zero attached hydrogens (tertiary/aromatic N) is 2. The number of aromatic nitrogens is 1. The fourth-order valence-electron chi connectivity index (χ4n) is 5.55. The molecule has 0 saturated carbocycles. The van der Waals surface area contributed by atoms with Crippen LogP contribution in [0.1, 0.15) is 24.8 Å². The van der Waals surface area contributed by atoms with Gasteiger partial charge in [-0.05, 0) is 55.8 Å². The number of methoxy groups -OCH3 is 1. The molecule has 3 heterocycles. The van der Waals surface area contributed by atoms with Crippen LogP contribution in [0.3, 0.4) is 0 Å². The molecule has 37 heavy (non-hydrogen) atoms. The van der Waals surface area contributed by atoms with E-state index < -0.39 is 25.9 Å². The molecule has 2 aliphatic heterocycles. The molecule has 2 unspecified atom stereocenters. The van der Waals surface area contributed by atoms with E-state index >= 15 is 0 Å². The van der Waals surface area contributed by atoms with Crippen molar-refractivity contribution in [3.63, 3.8) is 0 Å². The van der Waals surface area contributed by atoms with E-state index in [1.165, 1.54) is 5.56 Å². The number of phenols is 1. The van der Waals surface area contributed by atoms with Crippen LogP contribution >= 0.6 is 11.3 Å². The van der Waals surface area contributed by atoms with Crippen molar-refractivity contribution < 1.29 is 27.0 Å². The Labute approximate surface area is 218 Å². The number of hydrogen-bond acceptors (Lipinski definition) is 8. The SMILES string of the molecule is COc1ccc(CC2CN3CCCC3(CNc3cc(F)c(S(=O)(=O)Nc4ncc(F)s4)cc3O)C2)cc1. The van der Waals surface area contributed by atoms with Gasteiger partial charge >= 0.3 is 0 Å². The molecule has 0 radical (unpaired) electrons. The number of rotatable bonds is 9. The summed E-state index contributed by atoms with van der Waals surface area (Å²) in [5.74, 6) is -0.125. The second kappa shape index (κ2) is 10.1. The number of sulfonamides is 1. The van der Waals surface area contributed by atoms with Crippen molar-refractivity contribution in [1.29, 1.82) is 0 Å². The second-order valence-electron chi connectivity index (χ2n) is 9.62. The Morgan fingerprint density at radius 3 is 2.76 bits per heavy atom. The molecule has 0 bridgehead atoms. The number of ether oxygens (including phenoxy) is 1. The van der Waals surface area contributed by atoms with Crippen molar-refractivity contribution in [1.82, 2.24) is 9.88 Å². The molecule has 8 nitrogen and oxygen atoms in total. The summed E-state index contributed by atoms with van der Waals surface area (Å²) >= 11 is 0.479. The minimum atomic E-state index is -4.41. The summed E-state index contributed by atoms with van der Waals surface area (Å²) in [7, 11) is -2.76. The monoisotopic (exact) mass is 550 g/mol. The summed E-state index contributed by atoms with van der Waals surface area (Å²) in [6.07, 6.45) is 4.83. The molecule has 2 atom stereocenters. The van der Waals surface area contributed by atoms with Crippen molar-refractivity contribution in [3.05, 3.63) is 59.1 Å². The first-order valence-electron chi connectivity index (χ1n) is 12.0. The summed E-state index contributed by atoms with van der Waals surface area (Å²) < 4.78 is 60.5. The van der Waals surface area contributed by atoms with Gasteiger partial charge in [0.05, 0.1) is 19.0 Å². The number of halogens is 2. The summed E-state index contributed by atoms with van der Waals surface area (Å²) in [6.45, 7) is 2.46. The molecule has 198 valence electrons. The average Bonchev–Trinajstić information content (AvgIpc) is 3.53. The lowest BCUT2D eigenvalue weighted by Gasteiger charge is -2.32. The molecule has 3 aromatic rings. The zero-order valence-corrected chi connectivity index (χ0v) is 21.8. The Morgan fingerprint density at radius 2 is 2.05 bits per heavy atom. The van der Waals surface area contributed by atoms with Crippen LogP contribution in [0.5, 0.6) is 11.5 Å². The Morgan fingerprint density at radius 1 is 1.27 bits per heavy atom. The Kier molecular flexibility index (Phi) is 6.99. The zero-order valence-electron chi connectivity index (χ0n) is 20.2. The number of nitrogens with one attached hydrogen (secondary N) is 2. The van der Waals surface area contributed by atoms with Crippen LogP contribution in [-0.2, 0) is 16.4 Å². The summed E-state index contributed by atoms with van der Waals surface area (Å²) in [4.78, 5) is 5.31. The van der Waals surface area contributed by atoms with E-state index in [1.54, 1.807) is 7.11 Å². The first-order valence-corrected chi connectivity index (χ1v) is 14.3. The van der Waals surface area contributed by atoms with E-state index in [9.17, 15) is 22.3 Å². The molecule has 2 aliphatic rings. The Bertz CT molecular complexity index is 1380. The lowest BCUT2D eigenvalue weighted by Crippen LogP contribution is -2.44. The van der Waals surface area contributed by atoms with Crippen LogP contribution in [0.2, 0.25) is 0 Å². The van der Waals surface area contributed by atoms with Crippen LogP contribution in [0.4, 0.5) is 19.6 Å². The summed E-state index contributed by atoms with van der Waals surface area (Å²) in [6, 6.07) is 9.94. The van der Waals surface area contributed by atoms with Crippen LogP contribution in [0, 0.1) is 16.9 Å². The first kappa shape index (κ1) is 25.7. The molecular formula is C25H28F2N4O4S2. The molecule has 2 saturated heterocycles. The van der Waals surface area contributed by atoms with Crippen LogP contribution in [0.15, 0.2) is 47.5 Å². The Balaban J connectivity index is 1.27. The van der Waals surface area contributed by atoms with Gasteiger partial charge in [0.25, 0.3) is 10.0 Å². The topological polar surface area (TPSA) is 104 Å². The third-order valence-electron chi connectivity index (χ3n) is 7.22. The summed E-state index contributed by atoms with van der Waals surface area (Å²) in [5.41, 5.74) is 1.26. The number of hydrogen-bond donors (Lipinski definition) is 3. The predicted molar refractivity (Wildman–Crippen MR) is 138 cm³/mol. The molecule has 0 amide bonds. The van der Waals surface area contributed by atoms with Crippen LogP contribution in [0.25, 0.3) is 0 Å². The van der Waals surface area contributed by atoms with E-state index in [0.717, 1.165) is 62.9 Å². The molecular weight excluding hydrogens is 522 g/mol. The molecule has 2 fully saturated rings. The van der Waals surface area contributed by atoms with Gasteiger partial charge in [-0.25, -0.2) is 17.8 Å². The highest BCUT2D eigenvalue weighted by molar-refractivity contribution is 7.93. The van der Waals surface area contributed by atoms with Gasteiger partial charge in [0, 0.05) is 30.8 Å². The number of anilines is 2. The molecule has 12 heteroatoms. The Hall–Kier alpha value is -2.96. The van der Waals surface area contributed by atoms with Crippen molar-refractivity contribution in [2.75, 3.05) is 36.8 Å². The van der Waals surface area contributed by atoms with E-state index in [2.05, 4.69) is 27.3 Å². The number of phenolic OH excluding ortho intramolecular Hbond substituents is 1. The van der Waals surface area contributed by atoms with Gasteiger partial charge < -0.3 is 15.2 Å². The highest BCUT2D eigenvalue weighted by Gasteiger charge is 2.48. The average molecular weight is 551 g/mol. The van der Waals surface area contributed by atoms with E-state index in [0.29, 0.717) is 23.8 Å². The normalized spacial score (nSPS) is 21.6.